The summed E-state index contributed by atoms with van der Waals surface area (Å²) in [5.41, 5.74) is 0.611. The van der Waals surface area contributed by atoms with Crippen molar-refractivity contribution >= 4 is 35.1 Å². The number of amides is 1. The summed E-state index contributed by atoms with van der Waals surface area (Å²) in [5.74, 6) is 0.172. The fraction of sp³-hybridized carbons (Fsp3) is 0.0833. The standard InChI is InChI=1S/C12H10ClN3OS/c1-18-9-5-3-2-4-8(9)12(17)16-11-6-10(13)14-7-15-11/h2-7H,1H3,(H,14,15,16,17). The van der Waals surface area contributed by atoms with E-state index in [4.69, 9.17) is 11.6 Å². The van der Waals surface area contributed by atoms with Crippen molar-refractivity contribution in [2.75, 3.05) is 11.6 Å². The van der Waals surface area contributed by atoms with Crippen molar-refractivity contribution in [1.29, 1.82) is 0 Å². The van der Waals surface area contributed by atoms with Crippen LogP contribution in [-0.4, -0.2) is 22.1 Å². The van der Waals surface area contributed by atoms with Crippen molar-refractivity contribution in [3.8, 4) is 0 Å². The first kappa shape index (κ1) is 12.9. The minimum absolute atomic E-state index is 0.213. The second-order valence-electron chi connectivity index (χ2n) is 3.38. The van der Waals surface area contributed by atoms with Crippen LogP contribution in [-0.2, 0) is 0 Å². The summed E-state index contributed by atoms with van der Waals surface area (Å²) in [5, 5.41) is 2.98. The number of hydrogen-bond acceptors (Lipinski definition) is 4. The first-order chi connectivity index (χ1) is 8.70. The molecule has 92 valence electrons. The predicted octanol–water partition coefficient (Wildman–Crippen LogP) is 3.10. The molecule has 0 radical (unpaired) electrons. The Hall–Kier alpha value is -1.59. The molecule has 0 atom stereocenters. The van der Waals surface area contributed by atoms with E-state index in [0.717, 1.165) is 4.90 Å². The lowest BCUT2D eigenvalue weighted by Gasteiger charge is -2.07. The maximum atomic E-state index is 12.1. The van der Waals surface area contributed by atoms with Gasteiger partial charge in [-0.05, 0) is 18.4 Å². The predicted molar refractivity (Wildman–Crippen MR) is 73.2 cm³/mol. The number of carbonyl (C=O) groups excluding carboxylic acids is 1. The summed E-state index contributed by atoms with van der Waals surface area (Å²) in [7, 11) is 0. The molecule has 1 aromatic carbocycles. The van der Waals surface area contributed by atoms with Gasteiger partial charge in [0.15, 0.2) is 0 Å². The Balaban J connectivity index is 2.22. The summed E-state index contributed by atoms with van der Waals surface area (Å²) in [6.45, 7) is 0. The van der Waals surface area contributed by atoms with Crippen LogP contribution in [0.25, 0.3) is 0 Å². The van der Waals surface area contributed by atoms with Gasteiger partial charge >= 0.3 is 0 Å². The van der Waals surface area contributed by atoms with E-state index in [-0.39, 0.29) is 5.91 Å². The molecule has 6 heteroatoms. The normalized spacial score (nSPS) is 10.1. The Labute approximate surface area is 114 Å². The van der Waals surface area contributed by atoms with E-state index >= 15 is 0 Å². The van der Waals surface area contributed by atoms with Gasteiger partial charge in [0.1, 0.15) is 17.3 Å². The van der Waals surface area contributed by atoms with Gasteiger partial charge in [-0.1, -0.05) is 23.7 Å². The Kier molecular flexibility index (Phi) is 4.17. The van der Waals surface area contributed by atoms with Crippen molar-refractivity contribution < 1.29 is 4.79 Å². The highest BCUT2D eigenvalue weighted by molar-refractivity contribution is 7.98. The molecule has 1 heterocycles. The molecule has 0 fully saturated rings. The van der Waals surface area contributed by atoms with Gasteiger partial charge in [-0.25, -0.2) is 9.97 Å². The Morgan fingerprint density at radius 3 is 2.83 bits per heavy atom. The second kappa shape index (κ2) is 5.84. The second-order valence-corrected chi connectivity index (χ2v) is 4.62. The number of nitrogens with zero attached hydrogens (tertiary/aromatic N) is 2. The van der Waals surface area contributed by atoms with Crippen LogP contribution in [0.4, 0.5) is 5.82 Å². The van der Waals surface area contributed by atoms with Gasteiger partial charge in [0, 0.05) is 11.0 Å². The zero-order chi connectivity index (χ0) is 13.0. The molecule has 4 nitrogen and oxygen atoms in total. The third kappa shape index (κ3) is 3.00. The van der Waals surface area contributed by atoms with Crippen LogP contribution in [0.3, 0.4) is 0 Å². The van der Waals surface area contributed by atoms with Gasteiger partial charge in [0.25, 0.3) is 5.91 Å². The monoisotopic (exact) mass is 279 g/mol. The molecule has 18 heavy (non-hydrogen) atoms. The zero-order valence-electron chi connectivity index (χ0n) is 9.55. The van der Waals surface area contributed by atoms with E-state index in [9.17, 15) is 4.79 Å². The largest absolute Gasteiger partial charge is 0.306 e. The fourth-order valence-corrected chi connectivity index (χ4v) is 2.16. The third-order valence-corrected chi connectivity index (χ3v) is 3.23. The van der Waals surface area contributed by atoms with E-state index in [1.807, 2.05) is 24.5 Å². The molecule has 0 saturated heterocycles. The number of benzene rings is 1. The number of carbonyl (C=O) groups is 1. The molecule has 0 aliphatic heterocycles. The highest BCUT2D eigenvalue weighted by Crippen LogP contribution is 2.20. The summed E-state index contributed by atoms with van der Waals surface area (Å²) >= 11 is 7.24. The first-order valence-corrected chi connectivity index (χ1v) is 6.73. The van der Waals surface area contributed by atoms with Crippen molar-refractivity contribution in [1.82, 2.24) is 9.97 Å². The quantitative estimate of drug-likeness (QED) is 0.693. The lowest BCUT2D eigenvalue weighted by Crippen LogP contribution is -2.13. The zero-order valence-corrected chi connectivity index (χ0v) is 11.1. The van der Waals surface area contributed by atoms with Gasteiger partial charge in [-0.15, -0.1) is 11.8 Å². The molecular weight excluding hydrogens is 270 g/mol. The molecule has 0 unspecified atom stereocenters. The van der Waals surface area contributed by atoms with E-state index in [1.54, 1.807) is 6.07 Å². The van der Waals surface area contributed by atoms with Crippen LogP contribution >= 0.6 is 23.4 Å². The fourth-order valence-electron chi connectivity index (χ4n) is 1.42. The number of anilines is 1. The Morgan fingerprint density at radius 1 is 1.33 bits per heavy atom. The number of rotatable bonds is 3. The van der Waals surface area contributed by atoms with E-state index in [1.165, 1.54) is 24.2 Å². The molecular formula is C12H10ClN3OS. The summed E-state index contributed by atoms with van der Waals surface area (Å²) < 4.78 is 0. The highest BCUT2D eigenvalue weighted by Gasteiger charge is 2.11. The van der Waals surface area contributed by atoms with Crippen molar-refractivity contribution in [2.24, 2.45) is 0 Å². The molecule has 0 saturated carbocycles. The molecule has 2 aromatic rings. The van der Waals surface area contributed by atoms with Crippen molar-refractivity contribution in [3.63, 3.8) is 0 Å². The molecule has 0 bridgehead atoms. The molecule has 1 aromatic heterocycles. The van der Waals surface area contributed by atoms with Crippen LogP contribution in [0.2, 0.25) is 5.15 Å². The van der Waals surface area contributed by atoms with Crippen LogP contribution in [0.1, 0.15) is 10.4 Å². The number of halogens is 1. The number of nitrogens with one attached hydrogen (secondary N) is 1. The minimum Gasteiger partial charge on any atom is -0.306 e. The van der Waals surface area contributed by atoms with Gasteiger partial charge in [0.2, 0.25) is 0 Å². The topological polar surface area (TPSA) is 54.9 Å². The average Bonchev–Trinajstić information content (AvgIpc) is 2.38. The first-order valence-electron chi connectivity index (χ1n) is 5.12. The molecule has 0 aliphatic carbocycles. The lowest BCUT2D eigenvalue weighted by atomic mass is 10.2. The number of hydrogen-bond donors (Lipinski definition) is 1. The highest BCUT2D eigenvalue weighted by atomic mass is 35.5. The lowest BCUT2D eigenvalue weighted by molar-refractivity contribution is 0.102. The van der Waals surface area contributed by atoms with Gasteiger partial charge in [-0.2, -0.15) is 0 Å². The smallest absolute Gasteiger partial charge is 0.257 e. The minimum atomic E-state index is -0.213. The van der Waals surface area contributed by atoms with Crippen LogP contribution in [0, 0.1) is 0 Å². The molecule has 1 amide bonds. The Bertz CT molecular complexity index is 577. The summed E-state index contributed by atoms with van der Waals surface area (Å²) in [4.78, 5) is 20.7. The number of thioether (sulfide) groups is 1. The van der Waals surface area contributed by atoms with Crippen molar-refractivity contribution in [3.05, 3.63) is 47.4 Å². The average molecular weight is 280 g/mol. The third-order valence-electron chi connectivity index (χ3n) is 2.23. The van der Waals surface area contributed by atoms with Gasteiger partial charge < -0.3 is 5.32 Å². The SMILES string of the molecule is CSc1ccccc1C(=O)Nc1cc(Cl)ncn1. The summed E-state index contributed by atoms with van der Waals surface area (Å²) in [6.07, 6.45) is 3.23. The van der Waals surface area contributed by atoms with Gasteiger partial charge in [0.05, 0.1) is 5.56 Å². The maximum Gasteiger partial charge on any atom is 0.257 e. The van der Waals surface area contributed by atoms with E-state index < -0.39 is 0 Å². The van der Waals surface area contributed by atoms with E-state index in [2.05, 4.69) is 15.3 Å². The Morgan fingerprint density at radius 2 is 2.11 bits per heavy atom. The van der Waals surface area contributed by atoms with E-state index in [0.29, 0.717) is 16.5 Å². The molecule has 0 spiro atoms. The van der Waals surface area contributed by atoms with Gasteiger partial charge in [-0.3, -0.25) is 4.79 Å². The summed E-state index contributed by atoms with van der Waals surface area (Å²) in [6, 6.07) is 8.88. The maximum absolute atomic E-state index is 12.1. The van der Waals surface area contributed by atoms with Crippen LogP contribution < -0.4 is 5.32 Å². The van der Waals surface area contributed by atoms with Crippen LogP contribution in [0.5, 0.6) is 0 Å². The molecule has 1 N–H and O–H groups in total. The molecule has 0 aliphatic rings. The number of aromatic nitrogens is 2. The molecule has 2 rings (SSSR count). The van der Waals surface area contributed by atoms with Crippen molar-refractivity contribution in [2.45, 2.75) is 4.90 Å². The van der Waals surface area contributed by atoms with Crippen LogP contribution in [0.15, 0.2) is 41.6 Å².